The molecule has 36 heavy (non-hydrogen) atoms. The van der Waals surface area contributed by atoms with Gasteiger partial charge in [-0.05, 0) is 63.1 Å². The predicted octanol–water partition coefficient (Wildman–Crippen LogP) is 3.74. The van der Waals surface area contributed by atoms with E-state index in [9.17, 15) is 9.59 Å². The van der Waals surface area contributed by atoms with Gasteiger partial charge in [0, 0.05) is 26.2 Å². The summed E-state index contributed by atoms with van der Waals surface area (Å²) >= 11 is 0. The van der Waals surface area contributed by atoms with Gasteiger partial charge in [0.25, 0.3) is 0 Å². The van der Waals surface area contributed by atoms with Gasteiger partial charge in [-0.1, -0.05) is 12.1 Å². The second-order valence-electron chi connectivity index (χ2n) is 8.41. The summed E-state index contributed by atoms with van der Waals surface area (Å²) in [6, 6.07) is 11.3. The number of hydrogen-bond donors (Lipinski definition) is 0. The molecule has 2 amide bonds. The highest BCUT2D eigenvalue weighted by Gasteiger charge is 2.25. The van der Waals surface area contributed by atoms with Gasteiger partial charge in [0.1, 0.15) is 0 Å². The Labute approximate surface area is 214 Å². The molecule has 1 aliphatic rings. The molecule has 0 bridgehead atoms. The minimum absolute atomic E-state index is 0.0431. The van der Waals surface area contributed by atoms with Gasteiger partial charge < -0.3 is 28.7 Å². The van der Waals surface area contributed by atoms with Crippen molar-refractivity contribution in [3.8, 4) is 23.0 Å². The summed E-state index contributed by atoms with van der Waals surface area (Å²) in [7, 11) is 0. The van der Waals surface area contributed by atoms with E-state index in [-0.39, 0.29) is 24.7 Å². The van der Waals surface area contributed by atoms with Crippen molar-refractivity contribution in [1.82, 2.24) is 9.80 Å². The Bertz CT molecular complexity index is 936. The van der Waals surface area contributed by atoms with E-state index in [1.54, 1.807) is 0 Å². The number of benzene rings is 2. The monoisotopic (exact) mass is 498 g/mol. The van der Waals surface area contributed by atoms with Crippen molar-refractivity contribution < 1.29 is 28.5 Å². The summed E-state index contributed by atoms with van der Waals surface area (Å²) in [5.41, 5.74) is 1.76. The molecule has 0 atom stereocenters. The molecule has 1 aliphatic heterocycles. The van der Waals surface area contributed by atoms with Crippen LogP contribution in [0.25, 0.3) is 0 Å². The van der Waals surface area contributed by atoms with Gasteiger partial charge in [0.05, 0.1) is 39.3 Å². The van der Waals surface area contributed by atoms with Crippen LogP contribution in [0, 0.1) is 0 Å². The second-order valence-corrected chi connectivity index (χ2v) is 8.41. The largest absolute Gasteiger partial charge is 0.490 e. The minimum Gasteiger partial charge on any atom is -0.490 e. The average Bonchev–Trinajstić information content (AvgIpc) is 2.87. The molecule has 0 radical (unpaired) electrons. The predicted molar refractivity (Wildman–Crippen MR) is 138 cm³/mol. The van der Waals surface area contributed by atoms with Gasteiger partial charge in [-0.2, -0.15) is 0 Å². The lowest BCUT2D eigenvalue weighted by molar-refractivity contribution is -0.138. The van der Waals surface area contributed by atoms with E-state index in [0.717, 1.165) is 11.1 Å². The van der Waals surface area contributed by atoms with Crippen molar-refractivity contribution in [3.05, 3.63) is 47.5 Å². The van der Waals surface area contributed by atoms with Crippen LogP contribution in [0.1, 0.15) is 38.8 Å². The maximum Gasteiger partial charge on any atom is 0.227 e. The first kappa shape index (κ1) is 27.2. The van der Waals surface area contributed by atoms with Crippen LogP contribution >= 0.6 is 0 Å². The SMILES string of the molecule is CCOc1ccc(CC(=O)N2CCN(C(=O)Cc3ccc(OCC)c(OCC)c3)CC2)cc1OCC. The number of rotatable bonds is 12. The third-order valence-electron chi connectivity index (χ3n) is 5.91. The highest BCUT2D eigenvalue weighted by molar-refractivity contribution is 5.81. The van der Waals surface area contributed by atoms with Crippen LogP contribution in [0.3, 0.4) is 0 Å². The Balaban J connectivity index is 1.54. The lowest BCUT2D eigenvalue weighted by atomic mass is 10.1. The van der Waals surface area contributed by atoms with E-state index in [1.165, 1.54) is 0 Å². The number of ether oxygens (including phenoxy) is 4. The first-order chi connectivity index (χ1) is 17.5. The number of hydrogen-bond acceptors (Lipinski definition) is 6. The fourth-order valence-corrected chi connectivity index (χ4v) is 4.19. The van der Waals surface area contributed by atoms with E-state index in [4.69, 9.17) is 18.9 Å². The standard InChI is InChI=1S/C28H38N2O6/c1-5-33-23-11-9-21(17-25(23)35-7-3)19-27(31)29-13-15-30(16-14-29)28(32)20-22-10-12-24(34-6-2)26(18-22)36-8-4/h9-12,17-18H,5-8,13-16,19-20H2,1-4H3. The summed E-state index contributed by atoms with van der Waals surface area (Å²) in [4.78, 5) is 29.5. The molecule has 8 heteroatoms. The van der Waals surface area contributed by atoms with Crippen molar-refractivity contribution in [3.63, 3.8) is 0 Å². The zero-order chi connectivity index (χ0) is 25.9. The lowest BCUT2D eigenvalue weighted by Crippen LogP contribution is -2.51. The van der Waals surface area contributed by atoms with Gasteiger partial charge in [0.15, 0.2) is 23.0 Å². The zero-order valence-electron chi connectivity index (χ0n) is 21.9. The summed E-state index contributed by atoms with van der Waals surface area (Å²) < 4.78 is 22.6. The van der Waals surface area contributed by atoms with Gasteiger partial charge in [-0.15, -0.1) is 0 Å². The number of amides is 2. The third kappa shape index (κ3) is 7.29. The molecule has 8 nitrogen and oxygen atoms in total. The van der Waals surface area contributed by atoms with Crippen LogP contribution < -0.4 is 18.9 Å². The van der Waals surface area contributed by atoms with Crippen molar-refractivity contribution in [2.45, 2.75) is 40.5 Å². The molecule has 1 fully saturated rings. The molecular formula is C28H38N2O6. The third-order valence-corrected chi connectivity index (χ3v) is 5.91. The van der Waals surface area contributed by atoms with Gasteiger partial charge in [0.2, 0.25) is 11.8 Å². The molecule has 0 aliphatic carbocycles. The smallest absolute Gasteiger partial charge is 0.227 e. The molecule has 3 rings (SSSR count). The molecule has 1 heterocycles. The minimum atomic E-state index is 0.0431. The van der Waals surface area contributed by atoms with Crippen molar-refractivity contribution in [2.75, 3.05) is 52.6 Å². The van der Waals surface area contributed by atoms with Gasteiger partial charge >= 0.3 is 0 Å². The molecule has 2 aromatic carbocycles. The van der Waals surface area contributed by atoms with Crippen LogP contribution in [-0.4, -0.2) is 74.2 Å². The van der Waals surface area contributed by atoms with Crippen molar-refractivity contribution in [1.29, 1.82) is 0 Å². The molecule has 1 saturated heterocycles. The van der Waals surface area contributed by atoms with Gasteiger partial charge in [-0.25, -0.2) is 0 Å². The number of nitrogens with zero attached hydrogens (tertiary/aromatic N) is 2. The quantitative estimate of drug-likeness (QED) is 0.444. The first-order valence-electron chi connectivity index (χ1n) is 12.8. The molecule has 196 valence electrons. The van der Waals surface area contributed by atoms with Gasteiger partial charge in [-0.3, -0.25) is 9.59 Å². The highest BCUT2D eigenvalue weighted by atomic mass is 16.5. The Hall–Kier alpha value is -3.42. The van der Waals surface area contributed by atoms with Crippen LogP contribution in [0.4, 0.5) is 0 Å². The zero-order valence-corrected chi connectivity index (χ0v) is 21.9. The molecule has 2 aromatic rings. The summed E-state index contributed by atoms with van der Waals surface area (Å²) in [5, 5.41) is 0. The number of carbonyl (C=O) groups is 2. The Morgan fingerprint density at radius 2 is 0.917 bits per heavy atom. The van der Waals surface area contributed by atoms with E-state index in [1.807, 2.05) is 73.9 Å². The van der Waals surface area contributed by atoms with Crippen LogP contribution in [-0.2, 0) is 22.4 Å². The maximum atomic E-state index is 12.9. The normalized spacial score (nSPS) is 13.3. The molecule has 0 N–H and O–H groups in total. The number of carbonyl (C=O) groups excluding carboxylic acids is 2. The van der Waals surface area contributed by atoms with Crippen molar-refractivity contribution in [2.24, 2.45) is 0 Å². The molecule has 0 unspecified atom stereocenters. The topological polar surface area (TPSA) is 77.5 Å². The van der Waals surface area contributed by atoms with Crippen LogP contribution in [0.5, 0.6) is 23.0 Å². The Kier molecular flexibility index (Phi) is 10.3. The summed E-state index contributed by atoms with van der Waals surface area (Å²) in [6.07, 6.45) is 0.569. The summed E-state index contributed by atoms with van der Waals surface area (Å²) in [5.74, 6) is 2.76. The van der Waals surface area contributed by atoms with E-state index in [0.29, 0.717) is 75.6 Å². The van der Waals surface area contributed by atoms with E-state index >= 15 is 0 Å². The summed E-state index contributed by atoms with van der Waals surface area (Å²) in [6.45, 7) is 11.9. The Morgan fingerprint density at radius 1 is 0.583 bits per heavy atom. The second kappa shape index (κ2) is 13.6. The maximum absolute atomic E-state index is 12.9. The first-order valence-corrected chi connectivity index (χ1v) is 12.8. The molecule has 0 spiro atoms. The van der Waals surface area contributed by atoms with E-state index in [2.05, 4.69) is 0 Å². The number of piperazine rings is 1. The highest BCUT2D eigenvalue weighted by Crippen LogP contribution is 2.30. The molecular weight excluding hydrogens is 460 g/mol. The lowest BCUT2D eigenvalue weighted by Gasteiger charge is -2.35. The van der Waals surface area contributed by atoms with Crippen LogP contribution in [0.15, 0.2) is 36.4 Å². The average molecular weight is 499 g/mol. The van der Waals surface area contributed by atoms with E-state index < -0.39 is 0 Å². The molecule has 0 saturated carbocycles. The Morgan fingerprint density at radius 3 is 1.25 bits per heavy atom. The van der Waals surface area contributed by atoms with Crippen molar-refractivity contribution >= 4 is 11.8 Å². The fraction of sp³-hybridized carbons (Fsp3) is 0.500. The fourth-order valence-electron chi connectivity index (χ4n) is 4.19. The molecule has 0 aromatic heterocycles. The van der Waals surface area contributed by atoms with Crippen LogP contribution in [0.2, 0.25) is 0 Å².